The molecule has 0 aliphatic heterocycles. The molecule has 27 heavy (non-hydrogen) atoms. The zero-order valence-corrected chi connectivity index (χ0v) is 14.1. The lowest BCUT2D eigenvalue weighted by molar-refractivity contribution is -0.137. The molecule has 0 aliphatic carbocycles. The van der Waals surface area contributed by atoms with Gasteiger partial charge in [0, 0.05) is 18.5 Å². The molecule has 0 unspecified atom stereocenters. The smallest absolute Gasteiger partial charge is 0.326 e. The van der Waals surface area contributed by atoms with Crippen LogP contribution in [0.2, 0.25) is 0 Å². The van der Waals surface area contributed by atoms with E-state index in [9.17, 15) is 22.8 Å². The number of alkyl halides is 3. The maximum absolute atomic E-state index is 12.5. The summed E-state index contributed by atoms with van der Waals surface area (Å²) >= 11 is 0. The third-order valence-electron chi connectivity index (χ3n) is 3.98. The maximum Gasteiger partial charge on any atom is 0.416 e. The van der Waals surface area contributed by atoms with Crippen LogP contribution in [0, 0.1) is 0 Å². The first kappa shape index (κ1) is 18.6. The first-order valence-corrected chi connectivity index (χ1v) is 8.28. The Morgan fingerprint density at radius 2 is 1.78 bits per heavy atom. The van der Waals surface area contributed by atoms with Crippen molar-refractivity contribution in [3.63, 3.8) is 0 Å². The quantitative estimate of drug-likeness (QED) is 0.710. The van der Waals surface area contributed by atoms with Gasteiger partial charge in [0.25, 0.3) is 5.56 Å². The fourth-order valence-electron chi connectivity index (χ4n) is 2.64. The van der Waals surface area contributed by atoms with Crippen LogP contribution in [0.4, 0.5) is 18.9 Å². The molecule has 0 bridgehead atoms. The van der Waals surface area contributed by atoms with E-state index in [1.54, 1.807) is 24.3 Å². The molecule has 0 atom stereocenters. The molecule has 0 fully saturated rings. The van der Waals surface area contributed by atoms with E-state index in [4.69, 9.17) is 0 Å². The Balaban J connectivity index is 1.55. The normalized spacial score (nSPS) is 11.5. The first-order valence-electron chi connectivity index (χ1n) is 8.28. The minimum Gasteiger partial charge on any atom is -0.326 e. The standard InChI is InChI=1S/C19H16F3N3O2/c20-19(21,22)12-8-10-13(11-9-12)23-17(26)7-3-6-16-24-15-5-2-1-4-14(15)18(27)25-16/h1-2,4-5,8-11H,3,6-7H2,(H,23,26)(H,24,25,27). The minimum atomic E-state index is -4.41. The minimum absolute atomic E-state index is 0.150. The molecule has 3 aromatic rings. The number of halogens is 3. The Morgan fingerprint density at radius 1 is 1.07 bits per heavy atom. The number of H-pyrrole nitrogens is 1. The summed E-state index contributed by atoms with van der Waals surface area (Å²) in [5.74, 6) is 0.166. The van der Waals surface area contributed by atoms with Crippen LogP contribution in [0.1, 0.15) is 24.2 Å². The lowest BCUT2D eigenvalue weighted by Gasteiger charge is -2.09. The average Bonchev–Trinajstić information content (AvgIpc) is 2.61. The van der Waals surface area contributed by atoms with Crippen molar-refractivity contribution in [1.29, 1.82) is 0 Å². The number of aromatic nitrogens is 2. The highest BCUT2D eigenvalue weighted by atomic mass is 19.4. The third kappa shape index (κ3) is 4.72. The number of rotatable bonds is 5. The molecular formula is C19H16F3N3O2. The molecule has 8 heteroatoms. The SMILES string of the molecule is O=C(CCCc1nc2ccccc2c(=O)[nH]1)Nc1ccc(C(F)(F)F)cc1. The number of carbonyl (C=O) groups is 1. The number of aromatic amines is 1. The number of para-hydroxylation sites is 1. The van der Waals surface area contributed by atoms with E-state index >= 15 is 0 Å². The van der Waals surface area contributed by atoms with Gasteiger partial charge in [-0.1, -0.05) is 12.1 Å². The highest BCUT2D eigenvalue weighted by Gasteiger charge is 2.29. The second-order valence-electron chi connectivity index (χ2n) is 6.01. The zero-order valence-electron chi connectivity index (χ0n) is 14.1. The number of benzene rings is 2. The van der Waals surface area contributed by atoms with Crippen molar-refractivity contribution in [2.45, 2.75) is 25.4 Å². The van der Waals surface area contributed by atoms with Gasteiger partial charge in [0.1, 0.15) is 5.82 Å². The van der Waals surface area contributed by atoms with Crippen molar-refractivity contribution >= 4 is 22.5 Å². The number of anilines is 1. The highest BCUT2D eigenvalue weighted by molar-refractivity contribution is 5.90. The Labute approximate surface area is 152 Å². The topological polar surface area (TPSA) is 74.8 Å². The van der Waals surface area contributed by atoms with Crippen molar-refractivity contribution in [1.82, 2.24) is 9.97 Å². The zero-order chi connectivity index (χ0) is 19.4. The number of nitrogens with zero attached hydrogens (tertiary/aromatic N) is 1. The van der Waals surface area contributed by atoms with Crippen molar-refractivity contribution < 1.29 is 18.0 Å². The van der Waals surface area contributed by atoms with Gasteiger partial charge >= 0.3 is 6.18 Å². The molecule has 5 nitrogen and oxygen atoms in total. The number of hydrogen-bond donors (Lipinski definition) is 2. The van der Waals surface area contributed by atoms with Gasteiger partial charge < -0.3 is 10.3 Å². The molecule has 0 spiro atoms. The van der Waals surface area contributed by atoms with E-state index in [0.29, 0.717) is 35.3 Å². The van der Waals surface area contributed by atoms with Gasteiger partial charge in [0.05, 0.1) is 16.5 Å². The Morgan fingerprint density at radius 3 is 2.48 bits per heavy atom. The van der Waals surface area contributed by atoms with Crippen molar-refractivity contribution in [2.24, 2.45) is 0 Å². The lowest BCUT2D eigenvalue weighted by Crippen LogP contribution is -2.14. The van der Waals surface area contributed by atoms with Crippen LogP contribution in [-0.4, -0.2) is 15.9 Å². The van der Waals surface area contributed by atoms with Gasteiger partial charge in [-0.25, -0.2) is 4.98 Å². The predicted octanol–water partition coefficient (Wildman–Crippen LogP) is 3.90. The number of carbonyl (C=O) groups excluding carboxylic acids is 1. The summed E-state index contributed by atoms with van der Waals surface area (Å²) in [6, 6.07) is 11.2. The Kier molecular flexibility index (Phi) is 5.25. The summed E-state index contributed by atoms with van der Waals surface area (Å²) in [5.41, 5.74) is -0.118. The molecule has 1 aromatic heterocycles. The number of nitrogens with one attached hydrogen (secondary N) is 2. The second kappa shape index (κ2) is 7.61. The first-order chi connectivity index (χ1) is 12.8. The Hall–Kier alpha value is -3.16. The van der Waals surface area contributed by atoms with Gasteiger partial charge in [-0.05, 0) is 42.8 Å². The monoisotopic (exact) mass is 375 g/mol. The second-order valence-corrected chi connectivity index (χ2v) is 6.01. The number of aryl methyl sites for hydroxylation is 1. The van der Waals surface area contributed by atoms with E-state index in [-0.39, 0.29) is 17.9 Å². The molecule has 3 rings (SSSR count). The molecule has 2 N–H and O–H groups in total. The van der Waals surface area contributed by atoms with Gasteiger partial charge in [0.15, 0.2) is 0 Å². The van der Waals surface area contributed by atoms with Crippen LogP contribution in [0.25, 0.3) is 10.9 Å². The number of fused-ring (bicyclic) bond motifs is 1. The molecular weight excluding hydrogens is 359 g/mol. The van der Waals surface area contributed by atoms with Crippen LogP contribution >= 0.6 is 0 Å². The van der Waals surface area contributed by atoms with Gasteiger partial charge in [-0.3, -0.25) is 9.59 Å². The van der Waals surface area contributed by atoms with Crippen LogP contribution in [0.15, 0.2) is 53.3 Å². The fourth-order valence-corrected chi connectivity index (χ4v) is 2.64. The molecule has 1 heterocycles. The van der Waals surface area contributed by atoms with Crippen molar-refractivity contribution in [3.8, 4) is 0 Å². The van der Waals surface area contributed by atoms with Gasteiger partial charge in [-0.2, -0.15) is 13.2 Å². The van der Waals surface area contributed by atoms with Gasteiger partial charge in [-0.15, -0.1) is 0 Å². The van der Waals surface area contributed by atoms with Crippen LogP contribution in [-0.2, 0) is 17.4 Å². The van der Waals surface area contributed by atoms with Crippen LogP contribution in [0.3, 0.4) is 0 Å². The lowest BCUT2D eigenvalue weighted by atomic mass is 10.2. The largest absolute Gasteiger partial charge is 0.416 e. The average molecular weight is 375 g/mol. The van der Waals surface area contributed by atoms with E-state index in [1.807, 2.05) is 0 Å². The summed E-state index contributed by atoms with van der Waals surface area (Å²) in [5, 5.41) is 3.05. The number of hydrogen-bond acceptors (Lipinski definition) is 3. The molecule has 0 aliphatic rings. The highest BCUT2D eigenvalue weighted by Crippen LogP contribution is 2.29. The van der Waals surface area contributed by atoms with Crippen LogP contribution < -0.4 is 10.9 Å². The maximum atomic E-state index is 12.5. The molecule has 2 aromatic carbocycles. The fraction of sp³-hybridized carbons (Fsp3) is 0.211. The van der Waals surface area contributed by atoms with Gasteiger partial charge in [0.2, 0.25) is 5.91 Å². The predicted molar refractivity (Wildman–Crippen MR) is 95.4 cm³/mol. The van der Waals surface area contributed by atoms with E-state index in [2.05, 4.69) is 15.3 Å². The van der Waals surface area contributed by atoms with E-state index in [0.717, 1.165) is 12.1 Å². The summed E-state index contributed by atoms with van der Waals surface area (Å²) in [6.07, 6.45) is -3.42. The van der Waals surface area contributed by atoms with E-state index < -0.39 is 11.7 Å². The van der Waals surface area contributed by atoms with Crippen molar-refractivity contribution in [3.05, 3.63) is 70.3 Å². The molecule has 0 radical (unpaired) electrons. The molecule has 140 valence electrons. The third-order valence-corrected chi connectivity index (χ3v) is 3.98. The Bertz CT molecular complexity index is 1010. The number of amides is 1. The molecule has 0 saturated carbocycles. The summed E-state index contributed by atoms with van der Waals surface area (Å²) in [4.78, 5) is 31.0. The molecule has 0 saturated heterocycles. The van der Waals surface area contributed by atoms with Crippen molar-refractivity contribution in [2.75, 3.05) is 5.32 Å². The summed E-state index contributed by atoms with van der Waals surface area (Å²) in [7, 11) is 0. The molecule has 1 amide bonds. The van der Waals surface area contributed by atoms with E-state index in [1.165, 1.54) is 12.1 Å². The summed E-state index contributed by atoms with van der Waals surface area (Å²) < 4.78 is 37.6. The van der Waals surface area contributed by atoms with Crippen LogP contribution in [0.5, 0.6) is 0 Å². The summed E-state index contributed by atoms with van der Waals surface area (Å²) in [6.45, 7) is 0.